The van der Waals surface area contributed by atoms with Crippen molar-refractivity contribution in [1.29, 1.82) is 0 Å². The first-order chi connectivity index (χ1) is 13.0. The molecule has 1 aromatic heterocycles. The zero-order valence-electron chi connectivity index (χ0n) is 14.8. The lowest BCUT2D eigenvalue weighted by Gasteiger charge is -2.05. The lowest BCUT2D eigenvalue weighted by Crippen LogP contribution is -2.28. The van der Waals surface area contributed by atoms with Crippen LogP contribution in [0.25, 0.3) is 11.5 Å². The normalized spacial score (nSPS) is 11.9. The Labute approximate surface area is 165 Å². The molecule has 0 aliphatic heterocycles. The van der Waals surface area contributed by atoms with Gasteiger partial charge in [-0.15, -0.1) is 0 Å². The second kappa shape index (κ2) is 8.97. The molecule has 0 radical (unpaired) electrons. The summed E-state index contributed by atoms with van der Waals surface area (Å²) in [6, 6.07) is 16.7. The van der Waals surface area contributed by atoms with Crippen molar-refractivity contribution in [2.24, 2.45) is 0 Å². The highest BCUT2D eigenvalue weighted by molar-refractivity contribution is 7.84. The SMILES string of the molecule is Cc1oc(-c2ccc(Cl)cc2)nc1C[S@@](=O)CC(=O)NCc1ccccc1. The van der Waals surface area contributed by atoms with Crippen LogP contribution < -0.4 is 5.32 Å². The van der Waals surface area contributed by atoms with Gasteiger partial charge in [0.15, 0.2) is 0 Å². The number of halogens is 1. The fraction of sp³-hybridized carbons (Fsp3) is 0.200. The number of aryl methyl sites for hydroxylation is 1. The fourth-order valence-electron chi connectivity index (χ4n) is 2.48. The van der Waals surface area contributed by atoms with Crippen LogP contribution in [-0.4, -0.2) is 20.9 Å². The Morgan fingerprint density at radius 2 is 1.85 bits per heavy atom. The first-order valence-corrected chi connectivity index (χ1v) is 10.3. The number of hydrogen-bond acceptors (Lipinski definition) is 4. The monoisotopic (exact) mass is 402 g/mol. The molecule has 0 saturated carbocycles. The number of nitrogens with one attached hydrogen (secondary N) is 1. The van der Waals surface area contributed by atoms with Crippen molar-refractivity contribution in [1.82, 2.24) is 10.3 Å². The molecular weight excluding hydrogens is 384 g/mol. The van der Waals surface area contributed by atoms with Crippen molar-refractivity contribution in [3.05, 3.63) is 76.6 Å². The Bertz CT molecular complexity index is 940. The fourth-order valence-corrected chi connectivity index (χ4v) is 3.67. The van der Waals surface area contributed by atoms with Crippen molar-refractivity contribution in [2.75, 3.05) is 5.75 Å². The van der Waals surface area contributed by atoms with Gasteiger partial charge in [0.1, 0.15) is 11.5 Å². The average molecular weight is 403 g/mol. The molecule has 0 aliphatic carbocycles. The summed E-state index contributed by atoms with van der Waals surface area (Å²) in [6.45, 7) is 2.19. The number of oxazole rings is 1. The minimum absolute atomic E-state index is 0.0740. The molecule has 1 atom stereocenters. The Morgan fingerprint density at radius 3 is 2.56 bits per heavy atom. The van der Waals surface area contributed by atoms with E-state index >= 15 is 0 Å². The Balaban J connectivity index is 1.56. The van der Waals surface area contributed by atoms with E-state index in [4.69, 9.17) is 16.0 Å². The van der Waals surface area contributed by atoms with Crippen LogP contribution in [0.4, 0.5) is 0 Å². The molecule has 1 amide bonds. The van der Waals surface area contributed by atoms with E-state index in [1.807, 2.05) is 42.5 Å². The molecule has 27 heavy (non-hydrogen) atoms. The molecule has 5 nitrogen and oxygen atoms in total. The molecule has 1 heterocycles. The van der Waals surface area contributed by atoms with Gasteiger partial charge in [0, 0.05) is 27.9 Å². The summed E-state index contributed by atoms with van der Waals surface area (Å²) < 4.78 is 18.0. The van der Waals surface area contributed by atoms with Crippen LogP contribution in [0, 0.1) is 6.92 Å². The molecule has 0 bridgehead atoms. The van der Waals surface area contributed by atoms with E-state index in [2.05, 4.69) is 10.3 Å². The number of benzene rings is 2. The standard InChI is InChI=1S/C20H19ClN2O3S/c1-14-18(23-20(26-14)16-7-9-17(21)10-8-16)12-27(25)13-19(24)22-11-15-5-3-2-4-6-15/h2-10H,11-13H2,1H3,(H,22,24)/t27-/m1/s1. The molecule has 140 valence electrons. The van der Waals surface area contributed by atoms with Crippen LogP contribution in [0.2, 0.25) is 5.02 Å². The third kappa shape index (κ3) is 5.52. The number of rotatable bonds is 7. The highest BCUT2D eigenvalue weighted by Crippen LogP contribution is 2.24. The third-order valence-corrected chi connectivity index (χ3v) is 5.34. The van der Waals surface area contributed by atoms with Crippen molar-refractivity contribution >= 4 is 28.3 Å². The van der Waals surface area contributed by atoms with Crippen molar-refractivity contribution in [3.63, 3.8) is 0 Å². The summed E-state index contributed by atoms with van der Waals surface area (Å²) in [5, 5.41) is 3.41. The van der Waals surface area contributed by atoms with Crippen LogP contribution >= 0.6 is 11.6 Å². The van der Waals surface area contributed by atoms with Gasteiger partial charge in [-0.1, -0.05) is 41.9 Å². The quantitative estimate of drug-likeness (QED) is 0.651. The van der Waals surface area contributed by atoms with Gasteiger partial charge in [0.25, 0.3) is 0 Å². The zero-order valence-corrected chi connectivity index (χ0v) is 16.3. The molecule has 0 fully saturated rings. The van der Waals surface area contributed by atoms with Gasteiger partial charge < -0.3 is 9.73 Å². The molecule has 0 unspecified atom stereocenters. The largest absolute Gasteiger partial charge is 0.441 e. The number of nitrogens with zero attached hydrogens (tertiary/aromatic N) is 1. The van der Waals surface area contributed by atoms with E-state index in [0.29, 0.717) is 28.9 Å². The van der Waals surface area contributed by atoms with E-state index < -0.39 is 10.8 Å². The highest BCUT2D eigenvalue weighted by atomic mass is 35.5. The van der Waals surface area contributed by atoms with Crippen LogP contribution in [0.15, 0.2) is 59.0 Å². The number of carbonyl (C=O) groups is 1. The van der Waals surface area contributed by atoms with Crippen LogP contribution in [0.5, 0.6) is 0 Å². The lowest BCUT2D eigenvalue weighted by molar-refractivity contribution is -0.118. The minimum Gasteiger partial charge on any atom is -0.441 e. The first kappa shape index (κ1) is 19.3. The smallest absolute Gasteiger partial charge is 0.232 e. The molecule has 0 saturated heterocycles. The number of aromatic nitrogens is 1. The topological polar surface area (TPSA) is 72.2 Å². The zero-order chi connectivity index (χ0) is 19.2. The maximum absolute atomic E-state index is 12.3. The molecule has 7 heteroatoms. The maximum atomic E-state index is 12.3. The third-order valence-electron chi connectivity index (χ3n) is 3.91. The van der Waals surface area contributed by atoms with E-state index in [9.17, 15) is 9.00 Å². The second-order valence-corrected chi connectivity index (χ2v) is 7.91. The molecule has 3 rings (SSSR count). The summed E-state index contributed by atoms with van der Waals surface area (Å²) in [5.41, 5.74) is 2.38. The molecule has 3 aromatic rings. The minimum atomic E-state index is -1.37. The van der Waals surface area contributed by atoms with Crippen molar-refractivity contribution in [2.45, 2.75) is 19.2 Å². The van der Waals surface area contributed by atoms with Gasteiger partial charge in [0.05, 0.1) is 11.4 Å². The highest BCUT2D eigenvalue weighted by Gasteiger charge is 2.16. The van der Waals surface area contributed by atoms with Crippen LogP contribution in [0.1, 0.15) is 17.0 Å². The summed E-state index contributed by atoms with van der Waals surface area (Å²) in [6.07, 6.45) is 0. The molecule has 2 aromatic carbocycles. The van der Waals surface area contributed by atoms with Gasteiger partial charge in [0.2, 0.25) is 11.8 Å². The van der Waals surface area contributed by atoms with Crippen molar-refractivity contribution < 1.29 is 13.4 Å². The van der Waals surface area contributed by atoms with E-state index in [-0.39, 0.29) is 17.4 Å². The van der Waals surface area contributed by atoms with E-state index in [1.54, 1.807) is 19.1 Å². The van der Waals surface area contributed by atoms with Gasteiger partial charge in [-0.2, -0.15) is 0 Å². The summed E-state index contributed by atoms with van der Waals surface area (Å²) in [4.78, 5) is 16.4. The van der Waals surface area contributed by atoms with Crippen molar-refractivity contribution in [3.8, 4) is 11.5 Å². The molecule has 0 aliphatic rings. The Hall–Kier alpha value is -2.44. The molecular formula is C20H19ClN2O3S. The molecule has 1 N–H and O–H groups in total. The van der Waals surface area contributed by atoms with Gasteiger partial charge in [-0.3, -0.25) is 9.00 Å². The van der Waals surface area contributed by atoms with Crippen LogP contribution in [-0.2, 0) is 27.9 Å². The second-order valence-electron chi connectivity index (χ2n) is 6.02. The summed E-state index contributed by atoms with van der Waals surface area (Å²) in [7, 11) is -1.37. The lowest BCUT2D eigenvalue weighted by atomic mass is 10.2. The van der Waals surface area contributed by atoms with Gasteiger partial charge in [-0.05, 0) is 36.8 Å². The number of hydrogen-bond donors (Lipinski definition) is 1. The average Bonchev–Trinajstić information content (AvgIpc) is 3.02. The predicted molar refractivity (Wildman–Crippen MR) is 107 cm³/mol. The maximum Gasteiger partial charge on any atom is 0.232 e. The predicted octanol–water partition coefficient (Wildman–Crippen LogP) is 3.87. The van der Waals surface area contributed by atoms with E-state index in [1.165, 1.54) is 0 Å². The summed E-state index contributed by atoms with van der Waals surface area (Å²) >= 11 is 5.89. The Morgan fingerprint density at radius 1 is 1.15 bits per heavy atom. The van der Waals surface area contributed by atoms with E-state index in [0.717, 1.165) is 11.1 Å². The van der Waals surface area contributed by atoms with Gasteiger partial charge in [-0.25, -0.2) is 4.98 Å². The first-order valence-electron chi connectivity index (χ1n) is 8.39. The molecule has 0 spiro atoms. The number of amides is 1. The number of carbonyl (C=O) groups excluding carboxylic acids is 1. The van der Waals surface area contributed by atoms with Gasteiger partial charge >= 0.3 is 0 Å². The summed E-state index contributed by atoms with van der Waals surface area (Å²) in [5.74, 6) is 0.885. The van der Waals surface area contributed by atoms with Crippen LogP contribution in [0.3, 0.4) is 0 Å². The Kier molecular flexibility index (Phi) is 6.42.